The van der Waals surface area contributed by atoms with Gasteiger partial charge < -0.3 is 5.32 Å². The third kappa shape index (κ3) is 4.99. The predicted octanol–water partition coefficient (Wildman–Crippen LogP) is 6.31. The Labute approximate surface area is 165 Å². The summed E-state index contributed by atoms with van der Waals surface area (Å²) in [6.45, 7) is 1.97. The van der Waals surface area contributed by atoms with Crippen molar-refractivity contribution in [2.45, 2.75) is 48.1 Å². The van der Waals surface area contributed by atoms with Crippen molar-refractivity contribution in [2.24, 2.45) is 0 Å². The molecule has 1 N–H and O–H groups in total. The molecular weight excluding hydrogens is 395 g/mol. The molecule has 3 rings (SSSR count). The summed E-state index contributed by atoms with van der Waals surface area (Å²) in [4.78, 5) is 13.4. The number of carbonyl (C=O) groups excluding carboxylic acids is 1. The van der Waals surface area contributed by atoms with Gasteiger partial charge in [-0.05, 0) is 50.3 Å². The van der Waals surface area contributed by atoms with E-state index in [-0.39, 0.29) is 11.1 Å². The Bertz CT molecular complexity index is 830. The zero-order valence-electron chi connectivity index (χ0n) is 14.7. The van der Waals surface area contributed by atoms with Crippen molar-refractivity contribution in [3.63, 3.8) is 0 Å². The molecule has 1 amide bonds. The number of nitrogens with one attached hydrogen (secondary N) is 1. The quantitative estimate of drug-likeness (QED) is 0.470. The average Bonchev–Trinajstić information content (AvgIpc) is 2.63. The van der Waals surface area contributed by atoms with Gasteiger partial charge in [-0.2, -0.15) is 0 Å². The van der Waals surface area contributed by atoms with Crippen LogP contribution in [0, 0.1) is 24.4 Å². The average molecular weight is 414 g/mol. The van der Waals surface area contributed by atoms with E-state index in [4.69, 9.17) is 11.6 Å². The highest BCUT2D eigenvalue weighted by Gasteiger charge is 2.21. The Hall–Kier alpha value is -1.66. The van der Waals surface area contributed by atoms with Crippen LogP contribution in [-0.4, -0.2) is 16.5 Å². The van der Waals surface area contributed by atoms with E-state index in [1.54, 1.807) is 23.9 Å². The number of hydrogen-bond donors (Lipinski definition) is 1. The van der Waals surface area contributed by atoms with Crippen LogP contribution in [0.25, 0.3) is 0 Å². The highest BCUT2D eigenvalue weighted by Crippen LogP contribution is 2.37. The van der Waals surface area contributed by atoms with Gasteiger partial charge in [0.15, 0.2) is 17.5 Å². The lowest BCUT2D eigenvalue weighted by molar-refractivity contribution is 0.102. The summed E-state index contributed by atoms with van der Waals surface area (Å²) >= 11 is 7.88. The minimum Gasteiger partial charge on any atom is -0.322 e. The van der Waals surface area contributed by atoms with Crippen LogP contribution in [0.1, 0.15) is 41.6 Å². The van der Waals surface area contributed by atoms with Gasteiger partial charge >= 0.3 is 0 Å². The van der Waals surface area contributed by atoms with Gasteiger partial charge in [-0.1, -0.05) is 6.07 Å². The summed E-state index contributed by atoms with van der Waals surface area (Å²) in [6, 6.07) is 6.78. The first-order chi connectivity index (χ1) is 12.8. The number of rotatable bonds is 4. The second kappa shape index (κ2) is 8.57. The number of thioether (sulfide) groups is 1. The first-order valence-corrected chi connectivity index (χ1v) is 10.0. The molecule has 1 aliphatic carbocycles. The van der Waals surface area contributed by atoms with Gasteiger partial charge in [-0.15, -0.1) is 23.4 Å². The Morgan fingerprint density at radius 2 is 1.70 bits per heavy atom. The van der Waals surface area contributed by atoms with E-state index in [1.165, 1.54) is 0 Å². The van der Waals surface area contributed by atoms with Gasteiger partial charge in [-0.3, -0.25) is 4.79 Å². The molecular formula is C20H19ClF3NOS. The van der Waals surface area contributed by atoms with Gasteiger partial charge in [0.25, 0.3) is 5.91 Å². The lowest BCUT2D eigenvalue weighted by atomic mass is 10.00. The Morgan fingerprint density at radius 1 is 1.07 bits per heavy atom. The summed E-state index contributed by atoms with van der Waals surface area (Å²) in [7, 11) is 0. The van der Waals surface area contributed by atoms with E-state index in [1.807, 2.05) is 13.0 Å². The first kappa shape index (κ1) is 20.1. The van der Waals surface area contributed by atoms with Crippen LogP contribution in [0.4, 0.5) is 18.9 Å². The van der Waals surface area contributed by atoms with Crippen LogP contribution in [0.2, 0.25) is 0 Å². The highest BCUT2D eigenvalue weighted by molar-refractivity contribution is 8.00. The van der Waals surface area contributed by atoms with Crippen LogP contribution in [0.3, 0.4) is 0 Å². The van der Waals surface area contributed by atoms with Gasteiger partial charge in [-0.25, -0.2) is 13.2 Å². The summed E-state index contributed by atoms with van der Waals surface area (Å²) in [5, 5.41) is 3.11. The molecule has 2 aromatic carbocycles. The molecule has 27 heavy (non-hydrogen) atoms. The number of aryl methyl sites for hydroxylation is 1. The van der Waals surface area contributed by atoms with E-state index in [0.29, 0.717) is 10.8 Å². The molecule has 2 nitrogen and oxygen atoms in total. The number of alkyl halides is 1. The van der Waals surface area contributed by atoms with Crippen LogP contribution >= 0.6 is 23.4 Å². The van der Waals surface area contributed by atoms with Crippen molar-refractivity contribution in [3.05, 3.63) is 58.9 Å². The Balaban J connectivity index is 1.74. The molecule has 0 heterocycles. The monoisotopic (exact) mass is 413 g/mol. The van der Waals surface area contributed by atoms with Crippen molar-refractivity contribution in [1.82, 2.24) is 0 Å². The van der Waals surface area contributed by atoms with Crippen LogP contribution in [0.5, 0.6) is 0 Å². The zero-order chi connectivity index (χ0) is 19.6. The van der Waals surface area contributed by atoms with Crippen LogP contribution in [0.15, 0.2) is 35.2 Å². The van der Waals surface area contributed by atoms with Gasteiger partial charge in [0, 0.05) is 38.9 Å². The minimum absolute atomic E-state index is 0.133. The fraction of sp³-hybridized carbons (Fsp3) is 0.350. The first-order valence-electron chi connectivity index (χ1n) is 8.70. The number of anilines is 1. The fourth-order valence-corrected chi connectivity index (χ4v) is 4.59. The number of benzene rings is 2. The largest absolute Gasteiger partial charge is 0.322 e. The fourth-order valence-electron chi connectivity index (χ4n) is 3.02. The third-order valence-corrected chi connectivity index (χ3v) is 6.52. The molecule has 0 bridgehead atoms. The van der Waals surface area contributed by atoms with Crippen molar-refractivity contribution in [3.8, 4) is 0 Å². The van der Waals surface area contributed by atoms with Gasteiger partial charge in [0.1, 0.15) is 0 Å². The molecule has 0 saturated heterocycles. The SMILES string of the molecule is Cc1ccc(C(=O)Nc2cc(F)c(F)c(F)c2)cc1SC1CCC(Cl)CC1. The lowest BCUT2D eigenvalue weighted by Gasteiger charge is -2.25. The van der Waals surface area contributed by atoms with Crippen molar-refractivity contribution in [1.29, 1.82) is 0 Å². The second-order valence-corrected chi connectivity index (χ2v) is 8.64. The molecule has 0 atom stereocenters. The molecule has 144 valence electrons. The van der Waals surface area contributed by atoms with Gasteiger partial charge in [0.2, 0.25) is 0 Å². The Kier molecular flexibility index (Phi) is 6.37. The molecule has 0 spiro atoms. The number of amides is 1. The summed E-state index contributed by atoms with van der Waals surface area (Å²) in [5.74, 6) is -4.76. The summed E-state index contributed by atoms with van der Waals surface area (Å²) in [5.41, 5.74) is 1.30. The maximum Gasteiger partial charge on any atom is 0.255 e. The maximum atomic E-state index is 13.3. The number of hydrogen-bond acceptors (Lipinski definition) is 2. The zero-order valence-corrected chi connectivity index (χ0v) is 16.3. The predicted molar refractivity (Wildman–Crippen MR) is 103 cm³/mol. The molecule has 0 radical (unpaired) electrons. The molecule has 1 saturated carbocycles. The van der Waals surface area contributed by atoms with Gasteiger partial charge in [0.05, 0.1) is 0 Å². The molecule has 0 aromatic heterocycles. The van der Waals surface area contributed by atoms with Crippen LogP contribution < -0.4 is 5.32 Å². The lowest BCUT2D eigenvalue weighted by Crippen LogP contribution is -2.16. The molecule has 2 aromatic rings. The summed E-state index contributed by atoms with van der Waals surface area (Å²) in [6.07, 6.45) is 4.03. The smallest absolute Gasteiger partial charge is 0.255 e. The maximum absolute atomic E-state index is 13.3. The molecule has 7 heteroatoms. The van der Waals surface area contributed by atoms with Crippen molar-refractivity contribution < 1.29 is 18.0 Å². The standard InChI is InChI=1S/C20H19ClF3NOS/c1-11-2-3-12(8-18(11)27-15-6-4-13(21)5-7-15)20(26)25-14-9-16(22)19(24)17(23)10-14/h2-3,8-10,13,15H,4-7H2,1H3,(H,25,26). The molecule has 1 fully saturated rings. The molecule has 0 unspecified atom stereocenters. The minimum atomic E-state index is -1.56. The second-order valence-electron chi connectivity index (χ2n) is 6.68. The van der Waals surface area contributed by atoms with E-state index < -0.39 is 23.4 Å². The highest BCUT2D eigenvalue weighted by atomic mass is 35.5. The normalized spacial score (nSPS) is 19.7. The Morgan fingerprint density at radius 3 is 2.33 bits per heavy atom. The number of halogens is 4. The molecule has 0 aliphatic heterocycles. The van der Waals surface area contributed by atoms with Crippen molar-refractivity contribution in [2.75, 3.05) is 5.32 Å². The van der Waals surface area contributed by atoms with Crippen LogP contribution in [-0.2, 0) is 0 Å². The van der Waals surface area contributed by atoms with E-state index in [9.17, 15) is 18.0 Å². The van der Waals surface area contributed by atoms with Crippen molar-refractivity contribution >= 4 is 35.0 Å². The summed E-state index contributed by atoms with van der Waals surface area (Å²) < 4.78 is 39.7. The van der Waals surface area contributed by atoms with E-state index in [0.717, 1.165) is 48.3 Å². The van der Waals surface area contributed by atoms with E-state index >= 15 is 0 Å². The third-order valence-electron chi connectivity index (χ3n) is 4.59. The molecule has 1 aliphatic rings. The number of carbonyl (C=O) groups is 1. The topological polar surface area (TPSA) is 29.1 Å². The van der Waals surface area contributed by atoms with E-state index in [2.05, 4.69) is 5.32 Å².